The van der Waals surface area contributed by atoms with E-state index in [0.29, 0.717) is 6.04 Å². The Bertz CT molecular complexity index is 45.8. The van der Waals surface area contributed by atoms with Crippen LogP contribution in [-0.2, 0) is 32.7 Å². The van der Waals surface area contributed by atoms with Gasteiger partial charge < -0.3 is 11.8 Å². The predicted octanol–water partition coefficient (Wildman–Crippen LogP) is 1.32. The average molecular weight is 188 g/mol. The molecule has 0 aliphatic heterocycles. The van der Waals surface area contributed by atoms with Crippen molar-refractivity contribution in [3.8, 4) is 0 Å². The summed E-state index contributed by atoms with van der Waals surface area (Å²) in [7, 11) is 3.73. The van der Waals surface area contributed by atoms with Gasteiger partial charge in [-0.2, -0.15) is 6.54 Å². The van der Waals surface area contributed by atoms with Crippen LogP contribution in [0.5, 0.6) is 0 Å². The molecule has 8 heavy (non-hydrogen) atoms. The van der Waals surface area contributed by atoms with Gasteiger partial charge in [0.1, 0.15) is 0 Å². The van der Waals surface area contributed by atoms with Crippen LogP contribution >= 0.6 is 0 Å². The molecular weight excluding hydrogens is 175 g/mol. The van der Waals surface area contributed by atoms with E-state index >= 15 is 0 Å². The quantitative estimate of drug-likeness (QED) is 0.590. The van der Waals surface area contributed by atoms with Crippen molar-refractivity contribution in [1.29, 1.82) is 0 Å². The van der Waals surface area contributed by atoms with E-state index in [1.165, 1.54) is 0 Å². The van der Waals surface area contributed by atoms with Crippen LogP contribution in [0.3, 0.4) is 0 Å². The second kappa shape index (κ2) is 6.19. The van der Waals surface area contributed by atoms with E-state index < -0.39 is 0 Å². The minimum atomic E-state index is 0. The Balaban J connectivity index is 0. The Morgan fingerprint density at radius 2 is 1.88 bits per heavy atom. The van der Waals surface area contributed by atoms with Gasteiger partial charge in [0.2, 0.25) is 0 Å². The SMILES string of the molecule is [CH2-]CN([CH2-])C(C)C.[Y]. The summed E-state index contributed by atoms with van der Waals surface area (Å²) < 4.78 is 0. The average Bonchev–Trinajstić information content (AvgIpc) is 1.65. The van der Waals surface area contributed by atoms with Gasteiger partial charge in [-0.1, -0.05) is 13.8 Å². The maximum atomic E-state index is 3.73. The maximum absolute atomic E-state index is 3.73. The van der Waals surface area contributed by atoms with Crippen LogP contribution in [0, 0.1) is 14.0 Å². The van der Waals surface area contributed by atoms with E-state index in [9.17, 15) is 0 Å². The molecule has 0 aromatic carbocycles. The van der Waals surface area contributed by atoms with Crippen molar-refractivity contribution >= 4 is 0 Å². The molecular formula is C6H13NY-2. The van der Waals surface area contributed by atoms with Gasteiger partial charge in [0.15, 0.2) is 0 Å². The van der Waals surface area contributed by atoms with Gasteiger partial charge in [-0.05, 0) is 6.04 Å². The molecule has 0 spiro atoms. The Kier molecular flexibility index (Phi) is 9.14. The van der Waals surface area contributed by atoms with E-state index in [0.717, 1.165) is 6.54 Å². The molecule has 0 fully saturated rings. The minimum absolute atomic E-state index is 0. The Morgan fingerprint density at radius 1 is 1.50 bits per heavy atom. The fraction of sp³-hybridized carbons (Fsp3) is 0.667. The molecule has 0 heterocycles. The molecule has 0 N–H and O–H groups in total. The van der Waals surface area contributed by atoms with Crippen molar-refractivity contribution in [2.45, 2.75) is 19.9 Å². The van der Waals surface area contributed by atoms with Gasteiger partial charge in [0, 0.05) is 32.7 Å². The van der Waals surface area contributed by atoms with Crippen LogP contribution in [0.15, 0.2) is 0 Å². The first-order chi connectivity index (χ1) is 3.18. The van der Waals surface area contributed by atoms with Crippen LogP contribution in [-0.4, -0.2) is 17.5 Å². The second-order valence-electron chi connectivity index (χ2n) is 1.91. The fourth-order valence-corrected chi connectivity index (χ4v) is 0.258. The number of nitrogens with zero attached hydrogens (tertiary/aromatic N) is 1. The molecule has 0 rings (SSSR count). The third-order valence-electron chi connectivity index (χ3n) is 1.02. The minimum Gasteiger partial charge on any atom is -0.482 e. The van der Waals surface area contributed by atoms with Crippen molar-refractivity contribution in [2.24, 2.45) is 0 Å². The topological polar surface area (TPSA) is 3.24 Å². The van der Waals surface area contributed by atoms with Crippen molar-refractivity contribution in [2.75, 3.05) is 6.54 Å². The van der Waals surface area contributed by atoms with Gasteiger partial charge in [0.05, 0.1) is 0 Å². The predicted molar refractivity (Wildman–Crippen MR) is 32.6 cm³/mol. The summed E-state index contributed by atoms with van der Waals surface area (Å²) in [6.07, 6.45) is 0. The smallest absolute Gasteiger partial charge is 0 e. The standard InChI is InChI=1S/C6H13N.Y/c1-5-7(4)6(2)3;/h6H,1,4-5H2,2-3H3;/q-2;. The van der Waals surface area contributed by atoms with Gasteiger partial charge in [-0.25, -0.2) is 0 Å². The van der Waals surface area contributed by atoms with Crippen LogP contribution in [0.25, 0.3) is 0 Å². The molecule has 0 atom stereocenters. The van der Waals surface area contributed by atoms with Crippen LogP contribution in [0.4, 0.5) is 0 Å². The summed E-state index contributed by atoms with van der Waals surface area (Å²) in [5.41, 5.74) is 0. The summed E-state index contributed by atoms with van der Waals surface area (Å²) >= 11 is 0. The van der Waals surface area contributed by atoms with E-state index in [1.54, 1.807) is 0 Å². The molecule has 47 valence electrons. The fourth-order valence-electron chi connectivity index (χ4n) is 0.258. The Hall–Kier alpha value is 1.06. The molecule has 1 nitrogen and oxygen atoms in total. The van der Waals surface area contributed by atoms with Crippen molar-refractivity contribution in [3.05, 3.63) is 14.0 Å². The summed E-state index contributed by atoms with van der Waals surface area (Å²) in [4.78, 5) is 1.93. The zero-order chi connectivity index (χ0) is 5.86. The zero-order valence-corrected chi connectivity index (χ0v) is 8.56. The largest absolute Gasteiger partial charge is 0.482 e. The van der Waals surface area contributed by atoms with Crippen molar-refractivity contribution in [1.82, 2.24) is 4.90 Å². The normalized spacial score (nSPS) is 9.75. The zero-order valence-electron chi connectivity index (χ0n) is 5.72. The molecule has 0 aliphatic rings. The van der Waals surface area contributed by atoms with Crippen LogP contribution < -0.4 is 0 Å². The molecule has 0 aromatic rings. The van der Waals surface area contributed by atoms with E-state index in [-0.39, 0.29) is 32.7 Å². The van der Waals surface area contributed by atoms with Gasteiger partial charge in [-0.15, -0.1) is 0 Å². The van der Waals surface area contributed by atoms with Gasteiger partial charge in [-0.3, -0.25) is 7.05 Å². The maximum Gasteiger partial charge on any atom is 0 e. The van der Waals surface area contributed by atoms with Crippen molar-refractivity contribution < 1.29 is 32.7 Å². The summed E-state index contributed by atoms with van der Waals surface area (Å²) in [5, 5.41) is 0. The summed E-state index contributed by atoms with van der Waals surface area (Å²) in [6, 6.07) is 0.525. The first-order valence-electron chi connectivity index (χ1n) is 2.55. The molecule has 0 unspecified atom stereocenters. The molecule has 2 heteroatoms. The third kappa shape index (κ3) is 5.21. The molecule has 1 radical (unpaired) electrons. The van der Waals surface area contributed by atoms with E-state index in [1.807, 2.05) is 4.90 Å². The number of hydrogen-bond acceptors (Lipinski definition) is 1. The van der Waals surface area contributed by atoms with Gasteiger partial charge >= 0.3 is 0 Å². The summed E-state index contributed by atoms with van der Waals surface area (Å²) in [6.45, 7) is 8.65. The molecule has 0 saturated heterocycles. The van der Waals surface area contributed by atoms with E-state index in [2.05, 4.69) is 27.8 Å². The molecule has 0 saturated carbocycles. The van der Waals surface area contributed by atoms with E-state index in [4.69, 9.17) is 0 Å². The Labute approximate surface area is 77.7 Å². The van der Waals surface area contributed by atoms with Gasteiger partial charge in [0.25, 0.3) is 0 Å². The monoisotopic (exact) mass is 188 g/mol. The molecule has 0 amide bonds. The summed E-state index contributed by atoms with van der Waals surface area (Å²) in [5.74, 6) is 0. The number of hydrogen-bond donors (Lipinski definition) is 0. The van der Waals surface area contributed by atoms with Crippen LogP contribution in [0.2, 0.25) is 0 Å². The molecule has 0 bridgehead atoms. The first kappa shape index (κ1) is 11.8. The van der Waals surface area contributed by atoms with Crippen LogP contribution in [0.1, 0.15) is 13.8 Å². The number of rotatable bonds is 2. The molecule has 0 aliphatic carbocycles. The third-order valence-corrected chi connectivity index (χ3v) is 1.02. The molecule has 0 aromatic heterocycles. The van der Waals surface area contributed by atoms with Crippen molar-refractivity contribution in [3.63, 3.8) is 0 Å². The first-order valence-corrected chi connectivity index (χ1v) is 2.55. The second-order valence-corrected chi connectivity index (χ2v) is 1.91. The Morgan fingerprint density at radius 3 is 1.88 bits per heavy atom.